The van der Waals surface area contributed by atoms with Crippen LogP contribution < -0.4 is 0 Å². The third kappa shape index (κ3) is 2.34. The molecule has 0 aliphatic heterocycles. The lowest BCUT2D eigenvalue weighted by molar-refractivity contribution is -0.151. The fraction of sp³-hybridized carbons (Fsp3) is 0.684. The van der Waals surface area contributed by atoms with E-state index in [4.69, 9.17) is 9.15 Å². The van der Waals surface area contributed by atoms with Crippen LogP contribution in [0.2, 0.25) is 0 Å². The van der Waals surface area contributed by atoms with E-state index in [1.54, 1.807) is 0 Å². The molecule has 4 heteroatoms. The predicted molar refractivity (Wildman–Crippen MR) is 84.2 cm³/mol. The Balaban J connectivity index is 1.61. The number of furan rings is 1. The van der Waals surface area contributed by atoms with Crippen molar-refractivity contribution in [3.63, 3.8) is 0 Å². The van der Waals surface area contributed by atoms with Gasteiger partial charge in [0.25, 0.3) is 0 Å². The Bertz CT molecular complexity index is 617. The van der Waals surface area contributed by atoms with Gasteiger partial charge < -0.3 is 9.15 Å². The zero-order valence-electron chi connectivity index (χ0n) is 13.6. The van der Waals surface area contributed by atoms with Gasteiger partial charge in [0.2, 0.25) is 0 Å². The van der Waals surface area contributed by atoms with E-state index in [9.17, 15) is 9.59 Å². The number of fused-ring (bicyclic) bond motifs is 5. The van der Waals surface area contributed by atoms with E-state index in [-0.39, 0.29) is 11.9 Å². The molecule has 4 nitrogen and oxygen atoms in total. The molecule has 0 amide bonds. The van der Waals surface area contributed by atoms with Crippen LogP contribution in [0.1, 0.15) is 66.3 Å². The maximum atomic E-state index is 12.1. The van der Waals surface area contributed by atoms with E-state index in [1.807, 2.05) is 6.07 Å². The summed E-state index contributed by atoms with van der Waals surface area (Å²) in [5.41, 5.74) is 1.23. The minimum Gasteiger partial charge on any atom is -0.469 e. The summed E-state index contributed by atoms with van der Waals surface area (Å²) in [6.07, 6.45) is 8.43. The van der Waals surface area contributed by atoms with Crippen LogP contribution in [0.25, 0.3) is 0 Å². The Labute approximate surface area is 136 Å². The molecule has 0 saturated heterocycles. The van der Waals surface area contributed by atoms with E-state index in [0.29, 0.717) is 29.4 Å². The molecule has 2 fully saturated rings. The molecule has 0 spiro atoms. The van der Waals surface area contributed by atoms with Crippen LogP contribution in [0.4, 0.5) is 0 Å². The molecule has 5 unspecified atom stereocenters. The Morgan fingerprint density at radius 3 is 2.83 bits per heavy atom. The molecule has 1 aromatic heterocycles. The van der Waals surface area contributed by atoms with Crippen molar-refractivity contribution in [2.45, 2.75) is 50.9 Å². The number of ether oxygens (including phenoxy) is 1. The molecule has 124 valence electrons. The van der Waals surface area contributed by atoms with E-state index in [0.717, 1.165) is 50.6 Å². The summed E-state index contributed by atoms with van der Waals surface area (Å²) in [5, 5.41) is 0. The molecular formula is C19H24O4. The molecule has 4 rings (SSSR count). The largest absolute Gasteiger partial charge is 0.469 e. The fourth-order valence-corrected chi connectivity index (χ4v) is 5.67. The SMILES string of the molecule is COC(=O)C1CCCC2C1CCC1c3oc(C=O)cc3CCC12. The number of aryl methyl sites for hydroxylation is 1. The highest BCUT2D eigenvalue weighted by atomic mass is 16.5. The maximum Gasteiger partial charge on any atom is 0.308 e. The number of carbonyl (C=O) groups is 2. The number of rotatable bonds is 2. The second-order valence-corrected chi connectivity index (χ2v) is 7.43. The van der Waals surface area contributed by atoms with Crippen LogP contribution >= 0.6 is 0 Å². The summed E-state index contributed by atoms with van der Waals surface area (Å²) >= 11 is 0. The van der Waals surface area contributed by atoms with Crippen LogP contribution in [0.5, 0.6) is 0 Å². The summed E-state index contributed by atoms with van der Waals surface area (Å²) in [4.78, 5) is 23.2. The number of aldehydes is 1. The third-order valence-corrected chi connectivity index (χ3v) is 6.56. The van der Waals surface area contributed by atoms with Crippen molar-refractivity contribution in [3.05, 3.63) is 23.2 Å². The lowest BCUT2D eigenvalue weighted by Gasteiger charge is -2.49. The first-order valence-electron chi connectivity index (χ1n) is 8.88. The van der Waals surface area contributed by atoms with Gasteiger partial charge in [-0.2, -0.15) is 0 Å². The highest BCUT2D eigenvalue weighted by Gasteiger charge is 2.49. The first kappa shape index (κ1) is 15.0. The molecule has 0 bridgehead atoms. The lowest BCUT2D eigenvalue weighted by atomic mass is 9.55. The summed E-state index contributed by atoms with van der Waals surface area (Å²) in [5.74, 6) is 3.70. The highest BCUT2D eigenvalue weighted by molar-refractivity contribution is 5.73. The normalized spacial score (nSPS) is 35.6. The molecule has 0 N–H and O–H groups in total. The van der Waals surface area contributed by atoms with Gasteiger partial charge in [-0.3, -0.25) is 9.59 Å². The van der Waals surface area contributed by atoms with Gasteiger partial charge in [-0.05, 0) is 67.9 Å². The molecule has 0 radical (unpaired) electrons. The summed E-state index contributed by atoms with van der Waals surface area (Å²) < 4.78 is 10.9. The smallest absolute Gasteiger partial charge is 0.308 e. The summed E-state index contributed by atoms with van der Waals surface area (Å²) in [6.45, 7) is 0. The number of hydrogen-bond donors (Lipinski definition) is 0. The second-order valence-electron chi connectivity index (χ2n) is 7.43. The van der Waals surface area contributed by atoms with Crippen molar-refractivity contribution < 1.29 is 18.7 Å². The predicted octanol–water partition coefficient (Wildman–Crippen LogP) is 3.74. The monoisotopic (exact) mass is 316 g/mol. The van der Waals surface area contributed by atoms with Crippen LogP contribution in [0.3, 0.4) is 0 Å². The van der Waals surface area contributed by atoms with E-state index in [2.05, 4.69) is 0 Å². The van der Waals surface area contributed by atoms with Gasteiger partial charge in [0, 0.05) is 5.92 Å². The Morgan fingerprint density at radius 2 is 2.04 bits per heavy atom. The van der Waals surface area contributed by atoms with Crippen LogP contribution in [0.15, 0.2) is 10.5 Å². The fourth-order valence-electron chi connectivity index (χ4n) is 5.67. The maximum absolute atomic E-state index is 12.1. The van der Waals surface area contributed by atoms with Gasteiger partial charge in [0.05, 0.1) is 13.0 Å². The first-order valence-corrected chi connectivity index (χ1v) is 8.88. The number of methoxy groups -OCH3 is 1. The topological polar surface area (TPSA) is 56.5 Å². The molecule has 23 heavy (non-hydrogen) atoms. The van der Waals surface area contributed by atoms with Gasteiger partial charge >= 0.3 is 5.97 Å². The van der Waals surface area contributed by atoms with Crippen molar-refractivity contribution in [2.75, 3.05) is 7.11 Å². The molecule has 3 aliphatic carbocycles. The zero-order valence-corrected chi connectivity index (χ0v) is 13.6. The lowest BCUT2D eigenvalue weighted by Crippen LogP contribution is -2.43. The molecule has 1 heterocycles. The molecule has 5 atom stereocenters. The van der Waals surface area contributed by atoms with E-state index >= 15 is 0 Å². The molecule has 0 aromatic carbocycles. The number of esters is 1. The highest BCUT2D eigenvalue weighted by Crippen LogP contribution is 2.55. The van der Waals surface area contributed by atoms with Crippen LogP contribution in [-0.2, 0) is 16.0 Å². The zero-order chi connectivity index (χ0) is 16.0. The van der Waals surface area contributed by atoms with Gasteiger partial charge in [0.15, 0.2) is 12.0 Å². The summed E-state index contributed by atoms with van der Waals surface area (Å²) in [6, 6.07) is 1.92. The standard InChI is InChI=1S/C19H24O4/c1-22-19(21)17-4-2-3-13-14-6-5-11-9-12(10-20)23-18(11)16(14)8-7-15(13)17/h9-10,13-17H,2-8H2,1H3. The van der Waals surface area contributed by atoms with Gasteiger partial charge in [-0.25, -0.2) is 0 Å². The number of carbonyl (C=O) groups excluding carboxylic acids is 2. The number of hydrogen-bond acceptors (Lipinski definition) is 4. The minimum absolute atomic E-state index is 0.0177. The van der Waals surface area contributed by atoms with Crippen molar-refractivity contribution in [3.8, 4) is 0 Å². The molecule has 3 aliphatic rings. The van der Waals surface area contributed by atoms with Gasteiger partial charge in [0.1, 0.15) is 5.76 Å². The molecular weight excluding hydrogens is 292 g/mol. The van der Waals surface area contributed by atoms with Gasteiger partial charge in [-0.15, -0.1) is 0 Å². The third-order valence-electron chi connectivity index (χ3n) is 6.56. The molecule has 2 saturated carbocycles. The Morgan fingerprint density at radius 1 is 1.17 bits per heavy atom. The minimum atomic E-state index is -0.0177. The second kappa shape index (κ2) is 5.81. The average Bonchev–Trinajstić information content (AvgIpc) is 3.03. The van der Waals surface area contributed by atoms with Crippen molar-refractivity contribution in [2.24, 2.45) is 23.7 Å². The quantitative estimate of drug-likeness (QED) is 0.616. The van der Waals surface area contributed by atoms with Crippen molar-refractivity contribution in [1.82, 2.24) is 0 Å². The van der Waals surface area contributed by atoms with Crippen molar-refractivity contribution in [1.29, 1.82) is 0 Å². The van der Waals surface area contributed by atoms with Crippen LogP contribution in [-0.4, -0.2) is 19.4 Å². The van der Waals surface area contributed by atoms with Crippen LogP contribution in [0, 0.1) is 23.7 Å². The molecule has 1 aromatic rings. The Kier molecular flexibility index (Phi) is 3.78. The summed E-state index contributed by atoms with van der Waals surface area (Å²) in [7, 11) is 1.51. The average molecular weight is 316 g/mol. The van der Waals surface area contributed by atoms with E-state index < -0.39 is 0 Å². The Hall–Kier alpha value is -1.58. The van der Waals surface area contributed by atoms with Gasteiger partial charge in [-0.1, -0.05) is 6.42 Å². The van der Waals surface area contributed by atoms with Crippen molar-refractivity contribution >= 4 is 12.3 Å². The first-order chi connectivity index (χ1) is 11.2. The van der Waals surface area contributed by atoms with E-state index in [1.165, 1.54) is 19.1 Å².